The molecule has 2 aromatic rings. The molecule has 0 spiro atoms. The lowest BCUT2D eigenvalue weighted by Gasteiger charge is -2.43. The van der Waals surface area contributed by atoms with Crippen LogP contribution in [0.25, 0.3) is 11.0 Å². The third-order valence-electron chi connectivity index (χ3n) is 4.69. The van der Waals surface area contributed by atoms with Crippen LogP contribution >= 0.6 is 0 Å². The second kappa shape index (κ2) is 7.14. The maximum absolute atomic E-state index is 12.4. The van der Waals surface area contributed by atoms with E-state index in [1.165, 1.54) is 13.0 Å². The van der Waals surface area contributed by atoms with Crippen LogP contribution in [0.15, 0.2) is 45.1 Å². The zero-order valence-corrected chi connectivity index (χ0v) is 16.4. The number of ether oxygens (including phenoxy) is 3. The number of esters is 2. The van der Waals surface area contributed by atoms with Gasteiger partial charge in [0.1, 0.15) is 16.9 Å². The zero-order valence-electron chi connectivity index (χ0n) is 16.4. The van der Waals surface area contributed by atoms with Crippen molar-refractivity contribution in [2.75, 3.05) is 0 Å². The summed E-state index contributed by atoms with van der Waals surface area (Å²) in [6.45, 7) is 8.09. The summed E-state index contributed by atoms with van der Waals surface area (Å²) in [4.78, 5) is 36.1. The zero-order chi connectivity index (χ0) is 20.6. The monoisotopic (exact) mass is 386 g/mol. The number of fused-ring (bicyclic) bond motifs is 3. The highest BCUT2D eigenvalue weighted by molar-refractivity contribution is 5.88. The summed E-state index contributed by atoms with van der Waals surface area (Å²) in [6.07, 6.45) is -0.330. The topological polar surface area (TPSA) is 92.0 Å². The van der Waals surface area contributed by atoms with Gasteiger partial charge in [0.25, 0.3) is 0 Å². The van der Waals surface area contributed by atoms with Crippen LogP contribution in [0.4, 0.5) is 0 Å². The fourth-order valence-electron chi connectivity index (χ4n) is 3.18. The molecule has 2 heterocycles. The Kier molecular flexibility index (Phi) is 5.02. The predicted octanol–water partition coefficient (Wildman–Crippen LogP) is 3.45. The highest BCUT2D eigenvalue weighted by Gasteiger charge is 2.50. The van der Waals surface area contributed by atoms with Crippen molar-refractivity contribution in [3.8, 4) is 5.75 Å². The number of hydrogen-bond acceptors (Lipinski definition) is 7. The Bertz CT molecular complexity index is 1030. The quantitative estimate of drug-likeness (QED) is 0.453. The number of rotatable bonds is 3. The molecule has 1 aliphatic rings. The van der Waals surface area contributed by atoms with Gasteiger partial charge in [-0.05, 0) is 45.9 Å². The van der Waals surface area contributed by atoms with Crippen LogP contribution in [0.1, 0.15) is 46.3 Å². The molecule has 0 saturated carbocycles. The normalized spacial score (nSPS) is 20.8. The average molecular weight is 386 g/mol. The van der Waals surface area contributed by atoms with Crippen molar-refractivity contribution in [3.63, 3.8) is 0 Å². The third-order valence-corrected chi connectivity index (χ3v) is 4.69. The minimum absolute atomic E-state index is 0.232. The van der Waals surface area contributed by atoms with Gasteiger partial charge in [0, 0.05) is 23.9 Å². The van der Waals surface area contributed by atoms with Crippen LogP contribution in [-0.4, -0.2) is 23.6 Å². The predicted molar refractivity (Wildman–Crippen MR) is 101 cm³/mol. The summed E-state index contributed by atoms with van der Waals surface area (Å²) >= 11 is 0. The molecule has 0 N–H and O–H groups in total. The highest BCUT2D eigenvalue weighted by atomic mass is 16.6. The first-order valence-corrected chi connectivity index (χ1v) is 8.91. The van der Waals surface area contributed by atoms with Gasteiger partial charge in [-0.2, -0.15) is 0 Å². The molecule has 7 heteroatoms. The molecule has 0 unspecified atom stereocenters. The summed E-state index contributed by atoms with van der Waals surface area (Å²) < 4.78 is 22.7. The Morgan fingerprint density at radius 1 is 1.11 bits per heavy atom. The molecule has 0 bridgehead atoms. The van der Waals surface area contributed by atoms with E-state index in [1.54, 1.807) is 52.0 Å². The number of benzene rings is 1. The van der Waals surface area contributed by atoms with Crippen LogP contribution in [0.5, 0.6) is 5.75 Å². The summed E-state index contributed by atoms with van der Waals surface area (Å²) in [5, 5.41) is 0.633. The lowest BCUT2D eigenvalue weighted by Crippen LogP contribution is -2.52. The van der Waals surface area contributed by atoms with Gasteiger partial charge < -0.3 is 18.6 Å². The van der Waals surface area contributed by atoms with Crippen LogP contribution in [0.2, 0.25) is 0 Å². The molecule has 0 amide bonds. The molecule has 2 atom stereocenters. The van der Waals surface area contributed by atoms with Crippen LogP contribution in [-0.2, 0) is 19.1 Å². The second-order valence-corrected chi connectivity index (χ2v) is 7.18. The van der Waals surface area contributed by atoms with E-state index in [0.717, 1.165) is 0 Å². The lowest BCUT2D eigenvalue weighted by molar-refractivity contribution is -0.186. The van der Waals surface area contributed by atoms with Crippen molar-refractivity contribution in [1.82, 2.24) is 0 Å². The first-order valence-electron chi connectivity index (χ1n) is 8.91. The fourth-order valence-corrected chi connectivity index (χ4v) is 3.18. The minimum atomic E-state index is -1.00. The SMILES string of the molecule is C/C=C(\C)C(=O)O[C@@H]1[C@@H](OC(C)=O)c2c(ccc3ccc(=O)oc23)OC1(C)C. The first-order chi connectivity index (χ1) is 13.1. The van der Waals surface area contributed by atoms with Gasteiger partial charge >= 0.3 is 17.6 Å². The van der Waals surface area contributed by atoms with Gasteiger partial charge in [0.15, 0.2) is 12.2 Å². The molecule has 0 radical (unpaired) electrons. The summed E-state index contributed by atoms with van der Waals surface area (Å²) in [5.41, 5.74) is -0.547. The van der Waals surface area contributed by atoms with Gasteiger partial charge in [0.05, 0.1) is 5.56 Å². The molecular formula is C21H22O7. The van der Waals surface area contributed by atoms with Crippen LogP contribution in [0.3, 0.4) is 0 Å². The fraction of sp³-hybridized carbons (Fsp3) is 0.381. The van der Waals surface area contributed by atoms with Crippen LogP contribution in [0, 0.1) is 0 Å². The number of allylic oxidation sites excluding steroid dienone is 1. The van der Waals surface area contributed by atoms with E-state index < -0.39 is 35.4 Å². The van der Waals surface area contributed by atoms with E-state index in [2.05, 4.69) is 0 Å². The molecule has 28 heavy (non-hydrogen) atoms. The average Bonchev–Trinajstić information content (AvgIpc) is 2.62. The Morgan fingerprint density at radius 2 is 1.79 bits per heavy atom. The third kappa shape index (κ3) is 3.52. The van der Waals surface area contributed by atoms with Crippen LogP contribution < -0.4 is 10.4 Å². The van der Waals surface area contributed by atoms with E-state index >= 15 is 0 Å². The highest BCUT2D eigenvalue weighted by Crippen LogP contribution is 2.46. The lowest BCUT2D eigenvalue weighted by atomic mass is 9.87. The van der Waals surface area contributed by atoms with Gasteiger partial charge in [-0.15, -0.1) is 0 Å². The van der Waals surface area contributed by atoms with E-state index in [9.17, 15) is 14.4 Å². The van der Waals surface area contributed by atoms with Crippen molar-refractivity contribution < 1.29 is 28.2 Å². The smallest absolute Gasteiger partial charge is 0.336 e. The van der Waals surface area contributed by atoms with E-state index in [-0.39, 0.29) is 5.58 Å². The van der Waals surface area contributed by atoms with E-state index in [0.29, 0.717) is 22.3 Å². The standard InChI is InChI=1S/C21H22O7/c1-6-11(2)20(24)27-19-18(25-12(3)22)16-14(28-21(19,4)5)9-7-13-8-10-15(23)26-17(13)16/h6-10,18-19H,1-5H3/b11-6+/t18-,19+/m0/s1. The maximum Gasteiger partial charge on any atom is 0.336 e. The van der Waals surface area contributed by atoms with Gasteiger partial charge in [-0.3, -0.25) is 4.79 Å². The Balaban J connectivity index is 2.22. The molecule has 3 rings (SSSR count). The summed E-state index contributed by atoms with van der Waals surface area (Å²) in [6, 6.07) is 6.37. The second-order valence-electron chi connectivity index (χ2n) is 7.18. The summed E-state index contributed by atoms with van der Waals surface area (Å²) in [5.74, 6) is -0.715. The van der Waals surface area contributed by atoms with E-state index in [1.807, 2.05) is 0 Å². The molecule has 7 nitrogen and oxygen atoms in total. The van der Waals surface area contributed by atoms with Crippen molar-refractivity contribution >= 4 is 22.9 Å². The van der Waals surface area contributed by atoms with Gasteiger partial charge in [0.2, 0.25) is 0 Å². The molecule has 1 aliphatic heterocycles. The first kappa shape index (κ1) is 19.7. The molecule has 0 fully saturated rings. The molecule has 148 valence electrons. The van der Waals surface area contributed by atoms with Crippen molar-refractivity contribution in [3.05, 3.63) is 51.9 Å². The molecule has 1 aromatic heterocycles. The Labute approximate surface area is 161 Å². The number of hydrogen-bond donors (Lipinski definition) is 0. The summed E-state index contributed by atoms with van der Waals surface area (Å²) in [7, 11) is 0. The minimum Gasteiger partial charge on any atom is -0.483 e. The Hall–Kier alpha value is -3.09. The van der Waals surface area contributed by atoms with Crippen molar-refractivity contribution in [2.45, 2.75) is 52.4 Å². The van der Waals surface area contributed by atoms with Crippen molar-refractivity contribution in [2.24, 2.45) is 0 Å². The number of carbonyl (C=O) groups excluding carboxylic acids is 2. The molecule has 0 saturated heterocycles. The maximum atomic E-state index is 12.4. The van der Waals surface area contributed by atoms with E-state index in [4.69, 9.17) is 18.6 Å². The van der Waals surface area contributed by atoms with Crippen molar-refractivity contribution in [1.29, 1.82) is 0 Å². The number of carbonyl (C=O) groups is 2. The Morgan fingerprint density at radius 3 is 2.43 bits per heavy atom. The molecular weight excluding hydrogens is 364 g/mol. The largest absolute Gasteiger partial charge is 0.483 e. The van der Waals surface area contributed by atoms with Gasteiger partial charge in [-0.25, -0.2) is 9.59 Å². The molecule has 0 aliphatic carbocycles. The van der Waals surface area contributed by atoms with Gasteiger partial charge in [-0.1, -0.05) is 6.08 Å². The molecule has 1 aromatic carbocycles.